The molecule has 0 aromatic heterocycles. The predicted molar refractivity (Wildman–Crippen MR) is 80.4 cm³/mol. The third kappa shape index (κ3) is 3.93. The van der Waals surface area contributed by atoms with Crippen LogP contribution in [0.3, 0.4) is 0 Å². The summed E-state index contributed by atoms with van der Waals surface area (Å²) in [5, 5.41) is 3.56. The van der Waals surface area contributed by atoms with Crippen LogP contribution in [0.1, 0.15) is 46.0 Å². The summed E-state index contributed by atoms with van der Waals surface area (Å²) in [5.74, 6) is 0.737. The van der Waals surface area contributed by atoms with Crippen LogP contribution in [0.15, 0.2) is 0 Å². The van der Waals surface area contributed by atoms with Crippen molar-refractivity contribution in [1.29, 1.82) is 0 Å². The molecule has 1 saturated heterocycles. The topological polar surface area (TPSA) is 24.5 Å². The Hall–Kier alpha value is -0.120. The van der Waals surface area contributed by atoms with Gasteiger partial charge in [0.2, 0.25) is 0 Å². The van der Waals surface area contributed by atoms with Crippen molar-refractivity contribution in [2.45, 2.75) is 58.0 Å². The van der Waals surface area contributed by atoms with Crippen LogP contribution < -0.4 is 5.32 Å². The number of rotatable bonds is 4. The first kappa shape index (κ1) is 15.3. The van der Waals surface area contributed by atoms with Gasteiger partial charge in [-0.3, -0.25) is 4.90 Å². The summed E-state index contributed by atoms with van der Waals surface area (Å²) in [6.45, 7) is 8.30. The minimum atomic E-state index is 0.506. The molecule has 0 bridgehead atoms. The van der Waals surface area contributed by atoms with Gasteiger partial charge in [0, 0.05) is 25.7 Å². The van der Waals surface area contributed by atoms with Gasteiger partial charge < -0.3 is 10.1 Å². The lowest BCUT2D eigenvalue weighted by molar-refractivity contribution is 0.0201. The Morgan fingerprint density at radius 3 is 2.79 bits per heavy atom. The zero-order chi connectivity index (χ0) is 13.9. The second kappa shape index (κ2) is 6.55. The molecule has 1 heterocycles. The number of hydrogen-bond donors (Lipinski definition) is 1. The van der Waals surface area contributed by atoms with Crippen molar-refractivity contribution in [2.24, 2.45) is 11.3 Å². The Balaban J connectivity index is 2.00. The van der Waals surface area contributed by atoms with Gasteiger partial charge in [-0.25, -0.2) is 0 Å². The summed E-state index contributed by atoms with van der Waals surface area (Å²) in [6.07, 6.45) is 6.67. The van der Waals surface area contributed by atoms with E-state index >= 15 is 0 Å². The predicted octanol–water partition coefficient (Wildman–Crippen LogP) is 2.51. The Labute approximate surface area is 119 Å². The Kier molecular flexibility index (Phi) is 5.27. The fourth-order valence-corrected chi connectivity index (χ4v) is 4.04. The molecule has 3 unspecified atom stereocenters. The highest BCUT2D eigenvalue weighted by Gasteiger charge is 2.38. The molecule has 1 saturated carbocycles. The van der Waals surface area contributed by atoms with Crippen molar-refractivity contribution in [3.8, 4) is 0 Å². The van der Waals surface area contributed by atoms with Crippen molar-refractivity contribution < 1.29 is 4.74 Å². The Morgan fingerprint density at radius 1 is 1.32 bits per heavy atom. The zero-order valence-corrected chi connectivity index (χ0v) is 13.2. The zero-order valence-electron chi connectivity index (χ0n) is 13.2. The van der Waals surface area contributed by atoms with Crippen LogP contribution in [0, 0.1) is 11.3 Å². The minimum Gasteiger partial charge on any atom is -0.384 e. The van der Waals surface area contributed by atoms with Gasteiger partial charge in [0.1, 0.15) is 0 Å². The molecule has 112 valence electrons. The van der Waals surface area contributed by atoms with E-state index in [2.05, 4.69) is 31.1 Å². The Bertz CT molecular complexity index is 278. The number of likely N-dealkylation sites (N-methyl/N-ethyl adjacent to an activating group) is 1. The van der Waals surface area contributed by atoms with E-state index in [1.54, 1.807) is 0 Å². The van der Waals surface area contributed by atoms with E-state index in [0.717, 1.165) is 12.5 Å². The van der Waals surface area contributed by atoms with Crippen molar-refractivity contribution >= 4 is 0 Å². The molecule has 0 aromatic rings. The Morgan fingerprint density at radius 2 is 2.11 bits per heavy atom. The second-order valence-corrected chi connectivity index (χ2v) is 7.33. The number of likely N-dealkylation sites (tertiary alicyclic amines) is 1. The molecule has 2 rings (SSSR count). The van der Waals surface area contributed by atoms with Crippen molar-refractivity contribution in [1.82, 2.24) is 10.2 Å². The minimum absolute atomic E-state index is 0.506. The molecule has 3 heteroatoms. The molecule has 2 aliphatic rings. The van der Waals surface area contributed by atoms with Crippen LogP contribution in [0.25, 0.3) is 0 Å². The summed E-state index contributed by atoms with van der Waals surface area (Å²) < 4.78 is 5.37. The normalized spacial score (nSPS) is 36.3. The summed E-state index contributed by atoms with van der Waals surface area (Å²) in [4.78, 5) is 2.75. The van der Waals surface area contributed by atoms with E-state index in [9.17, 15) is 0 Å². The first-order valence-electron chi connectivity index (χ1n) is 7.96. The van der Waals surface area contributed by atoms with Gasteiger partial charge in [0.05, 0.1) is 6.61 Å². The summed E-state index contributed by atoms with van der Waals surface area (Å²) in [5.41, 5.74) is 0.506. The maximum atomic E-state index is 5.37. The molecular weight excluding hydrogens is 236 g/mol. The number of methoxy groups -OCH3 is 1. The van der Waals surface area contributed by atoms with E-state index < -0.39 is 0 Å². The number of nitrogens with zero attached hydrogens (tertiary/aromatic N) is 1. The largest absolute Gasteiger partial charge is 0.384 e. The lowest BCUT2D eigenvalue weighted by atomic mass is 9.72. The summed E-state index contributed by atoms with van der Waals surface area (Å²) in [7, 11) is 3.96. The van der Waals surface area contributed by atoms with Gasteiger partial charge in [-0.05, 0) is 57.0 Å². The molecule has 3 nitrogen and oxygen atoms in total. The van der Waals surface area contributed by atoms with E-state index in [1.807, 2.05) is 7.11 Å². The maximum Gasteiger partial charge on any atom is 0.0502 e. The average Bonchev–Trinajstić information content (AvgIpc) is 2.38. The highest BCUT2D eigenvalue weighted by atomic mass is 16.5. The van der Waals surface area contributed by atoms with E-state index in [1.165, 1.54) is 45.2 Å². The fourth-order valence-electron chi connectivity index (χ4n) is 4.04. The average molecular weight is 268 g/mol. The molecule has 0 radical (unpaired) electrons. The maximum absolute atomic E-state index is 5.37. The van der Waals surface area contributed by atoms with Crippen LogP contribution in [0.5, 0.6) is 0 Å². The third-order valence-corrected chi connectivity index (χ3v) is 5.15. The SMILES string of the molecule is CNC1CCC(C)(C)CC1N1CCCC(COC)C1. The molecule has 1 aliphatic carbocycles. The first-order valence-corrected chi connectivity index (χ1v) is 7.96. The van der Waals surface area contributed by atoms with Crippen molar-refractivity contribution in [3.63, 3.8) is 0 Å². The molecule has 3 atom stereocenters. The lowest BCUT2D eigenvalue weighted by Gasteiger charge is -2.48. The fraction of sp³-hybridized carbons (Fsp3) is 1.00. The highest BCUT2D eigenvalue weighted by molar-refractivity contribution is 4.95. The third-order valence-electron chi connectivity index (χ3n) is 5.15. The van der Waals surface area contributed by atoms with Crippen LogP contribution in [-0.2, 0) is 4.74 Å². The van der Waals surface area contributed by atoms with Crippen molar-refractivity contribution in [2.75, 3.05) is 33.9 Å². The van der Waals surface area contributed by atoms with Crippen LogP contribution in [0.2, 0.25) is 0 Å². The van der Waals surface area contributed by atoms with E-state index in [4.69, 9.17) is 4.74 Å². The number of nitrogens with one attached hydrogen (secondary N) is 1. The first-order chi connectivity index (χ1) is 9.05. The molecule has 2 fully saturated rings. The standard InChI is InChI=1S/C16H32N2O/c1-16(2)8-7-14(17-3)15(10-16)18-9-5-6-13(11-18)12-19-4/h13-15,17H,5-12H2,1-4H3. The molecule has 1 N–H and O–H groups in total. The van der Waals surface area contributed by atoms with Gasteiger partial charge in [-0.15, -0.1) is 0 Å². The molecule has 0 spiro atoms. The summed E-state index contributed by atoms with van der Waals surface area (Å²) in [6, 6.07) is 1.39. The van der Waals surface area contributed by atoms with Gasteiger partial charge in [-0.1, -0.05) is 13.8 Å². The van der Waals surface area contributed by atoms with Gasteiger partial charge in [0.15, 0.2) is 0 Å². The van der Waals surface area contributed by atoms with Crippen LogP contribution >= 0.6 is 0 Å². The van der Waals surface area contributed by atoms with E-state index in [-0.39, 0.29) is 0 Å². The van der Waals surface area contributed by atoms with Gasteiger partial charge in [0.25, 0.3) is 0 Å². The van der Waals surface area contributed by atoms with Crippen LogP contribution in [-0.4, -0.2) is 50.8 Å². The quantitative estimate of drug-likeness (QED) is 0.848. The molecule has 0 amide bonds. The smallest absolute Gasteiger partial charge is 0.0502 e. The molecular formula is C16H32N2O. The second-order valence-electron chi connectivity index (χ2n) is 7.33. The number of ether oxygens (including phenoxy) is 1. The summed E-state index contributed by atoms with van der Waals surface area (Å²) >= 11 is 0. The number of hydrogen-bond acceptors (Lipinski definition) is 3. The van der Waals surface area contributed by atoms with Crippen molar-refractivity contribution in [3.05, 3.63) is 0 Å². The molecule has 1 aliphatic heterocycles. The lowest BCUT2D eigenvalue weighted by Crippen LogP contribution is -2.56. The van der Waals surface area contributed by atoms with Gasteiger partial charge >= 0.3 is 0 Å². The highest BCUT2D eigenvalue weighted by Crippen LogP contribution is 2.38. The van der Waals surface area contributed by atoms with Crippen LogP contribution in [0.4, 0.5) is 0 Å². The molecule has 19 heavy (non-hydrogen) atoms. The monoisotopic (exact) mass is 268 g/mol. The molecule has 0 aromatic carbocycles. The number of piperidine rings is 1. The van der Waals surface area contributed by atoms with Gasteiger partial charge in [-0.2, -0.15) is 0 Å². The van der Waals surface area contributed by atoms with E-state index in [0.29, 0.717) is 17.5 Å².